The fourth-order valence-electron chi connectivity index (χ4n) is 4.32. The van der Waals surface area contributed by atoms with Gasteiger partial charge in [0, 0.05) is 31.6 Å². The van der Waals surface area contributed by atoms with Crippen molar-refractivity contribution < 1.29 is 28.5 Å². The fourth-order valence-corrected chi connectivity index (χ4v) is 5.15. The first kappa shape index (κ1) is 30.0. The van der Waals surface area contributed by atoms with E-state index in [1.807, 2.05) is 32.0 Å². The SMILES string of the molecule is CC[C@@H](C)NC(=O)CSc1nc2cc3c(cc2c(=O)n1CCCC(=O)NCCc1ccc(OC)c(OC)c1)OCO3. The van der Waals surface area contributed by atoms with Crippen LogP contribution in [-0.4, -0.2) is 60.7 Å². The monoisotopic (exact) mass is 584 g/mol. The number of carbonyl (C=O) groups is 2. The Kier molecular flexibility index (Phi) is 10.3. The van der Waals surface area contributed by atoms with Crippen LogP contribution in [0.3, 0.4) is 0 Å². The number of hydrogen-bond donors (Lipinski definition) is 2. The molecule has 0 saturated heterocycles. The summed E-state index contributed by atoms with van der Waals surface area (Å²) in [6, 6.07) is 9.02. The molecule has 2 aromatic carbocycles. The molecule has 3 aromatic rings. The standard InChI is InChI=1S/C29H36N4O7S/c1-5-18(2)31-27(35)16-41-29-32-21-15-25-24(39-17-40-25)14-20(21)28(36)33(29)12-6-7-26(34)30-11-10-19-8-9-22(37-3)23(13-19)38-4/h8-9,13-15,18H,5-7,10-12,16-17H2,1-4H3,(H,30,34)(H,31,35)/t18-/m1/s1. The summed E-state index contributed by atoms with van der Waals surface area (Å²) in [6.45, 7) is 4.75. The molecule has 41 heavy (non-hydrogen) atoms. The van der Waals surface area contributed by atoms with Crippen LogP contribution in [0.1, 0.15) is 38.7 Å². The summed E-state index contributed by atoms with van der Waals surface area (Å²) in [5, 5.41) is 6.66. The van der Waals surface area contributed by atoms with Crippen LogP contribution in [-0.2, 0) is 22.6 Å². The van der Waals surface area contributed by atoms with Crippen LogP contribution in [0.5, 0.6) is 23.0 Å². The van der Waals surface area contributed by atoms with Gasteiger partial charge in [-0.2, -0.15) is 0 Å². The predicted molar refractivity (Wildman–Crippen MR) is 156 cm³/mol. The van der Waals surface area contributed by atoms with Crippen LogP contribution < -0.4 is 35.1 Å². The van der Waals surface area contributed by atoms with Gasteiger partial charge in [0.25, 0.3) is 5.56 Å². The molecule has 11 nitrogen and oxygen atoms in total. The van der Waals surface area contributed by atoms with Crippen LogP contribution in [0, 0.1) is 0 Å². The highest BCUT2D eigenvalue weighted by atomic mass is 32.2. The molecule has 0 saturated carbocycles. The van der Waals surface area contributed by atoms with Crippen molar-refractivity contribution in [3.05, 3.63) is 46.2 Å². The van der Waals surface area contributed by atoms with E-state index in [9.17, 15) is 14.4 Å². The quantitative estimate of drug-likeness (QED) is 0.217. The third kappa shape index (κ3) is 7.63. The molecule has 12 heteroatoms. The third-order valence-corrected chi connectivity index (χ3v) is 7.71. The van der Waals surface area contributed by atoms with E-state index in [0.29, 0.717) is 58.4 Å². The van der Waals surface area contributed by atoms with Crippen molar-refractivity contribution in [3.63, 3.8) is 0 Å². The molecule has 4 rings (SSSR count). The molecule has 1 aliphatic heterocycles. The van der Waals surface area contributed by atoms with Crippen molar-refractivity contribution in [2.45, 2.75) is 57.3 Å². The highest BCUT2D eigenvalue weighted by Crippen LogP contribution is 2.35. The third-order valence-electron chi connectivity index (χ3n) is 6.73. The summed E-state index contributed by atoms with van der Waals surface area (Å²) in [7, 11) is 3.17. The fraction of sp³-hybridized carbons (Fsp3) is 0.448. The molecule has 0 aliphatic carbocycles. The molecule has 2 amide bonds. The zero-order chi connectivity index (χ0) is 29.4. The van der Waals surface area contributed by atoms with E-state index in [1.54, 1.807) is 26.4 Å². The van der Waals surface area contributed by atoms with Gasteiger partial charge in [0.1, 0.15) is 0 Å². The lowest BCUT2D eigenvalue weighted by Gasteiger charge is -2.15. The summed E-state index contributed by atoms with van der Waals surface area (Å²) in [5.41, 5.74) is 1.22. The van der Waals surface area contributed by atoms with Crippen LogP contribution in [0.25, 0.3) is 10.9 Å². The highest BCUT2D eigenvalue weighted by molar-refractivity contribution is 7.99. The largest absolute Gasteiger partial charge is 0.493 e. The van der Waals surface area contributed by atoms with Crippen LogP contribution in [0.15, 0.2) is 40.3 Å². The van der Waals surface area contributed by atoms with Gasteiger partial charge in [-0.25, -0.2) is 4.98 Å². The number of thioether (sulfide) groups is 1. The van der Waals surface area contributed by atoms with Gasteiger partial charge in [0.15, 0.2) is 28.2 Å². The van der Waals surface area contributed by atoms with Gasteiger partial charge in [0.05, 0.1) is 30.9 Å². The zero-order valence-corrected chi connectivity index (χ0v) is 24.6. The number of fused-ring (bicyclic) bond motifs is 2. The Morgan fingerprint density at radius 1 is 1.10 bits per heavy atom. The molecule has 0 spiro atoms. The molecule has 2 N–H and O–H groups in total. The minimum atomic E-state index is -0.257. The molecule has 1 aromatic heterocycles. The van der Waals surface area contributed by atoms with E-state index < -0.39 is 0 Å². The maximum atomic E-state index is 13.5. The minimum absolute atomic E-state index is 0.0554. The Morgan fingerprint density at radius 2 is 1.85 bits per heavy atom. The lowest BCUT2D eigenvalue weighted by atomic mass is 10.1. The molecule has 0 fully saturated rings. The molecule has 220 valence electrons. The molecule has 0 unspecified atom stereocenters. The van der Waals surface area contributed by atoms with Gasteiger partial charge in [-0.15, -0.1) is 0 Å². The van der Waals surface area contributed by atoms with Crippen LogP contribution >= 0.6 is 11.8 Å². The Bertz CT molecular complexity index is 1460. The van der Waals surface area contributed by atoms with E-state index in [2.05, 4.69) is 15.6 Å². The number of hydrogen-bond acceptors (Lipinski definition) is 9. The second kappa shape index (κ2) is 14.1. The van der Waals surface area contributed by atoms with Gasteiger partial charge in [0.2, 0.25) is 18.6 Å². The minimum Gasteiger partial charge on any atom is -0.493 e. The van der Waals surface area contributed by atoms with Gasteiger partial charge >= 0.3 is 0 Å². The van der Waals surface area contributed by atoms with Crippen molar-refractivity contribution >= 4 is 34.5 Å². The molecule has 0 bridgehead atoms. The number of nitrogens with zero attached hydrogens (tertiary/aromatic N) is 2. The smallest absolute Gasteiger partial charge is 0.262 e. The Hall–Kier alpha value is -3.93. The second-order valence-electron chi connectivity index (χ2n) is 9.63. The highest BCUT2D eigenvalue weighted by Gasteiger charge is 2.20. The number of methoxy groups -OCH3 is 2. The predicted octanol–water partition coefficient (Wildman–Crippen LogP) is 3.29. The first-order valence-electron chi connectivity index (χ1n) is 13.6. The van der Waals surface area contributed by atoms with E-state index in [-0.39, 0.29) is 48.9 Å². The molecule has 2 heterocycles. The molecular weight excluding hydrogens is 548 g/mol. The summed E-state index contributed by atoms with van der Waals surface area (Å²) in [5.74, 6) is 2.17. The van der Waals surface area contributed by atoms with E-state index in [1.165, 1.54) is 16.3 Å². The topological polar surface area (TPSA) is 130 Å². The first-order valence-corrected chi connectivity index (χ1v) is 14.6. The van der Waals surface area contributed by atoms with Gasteiger partial charge in [-0.1, -0.05) is 24.8 Å². The number of amides is 2. The number of rotatable bonds is 14. The van der Waals surface area contributed by atoms with Gasteiger partial charge in [-0.05, 0) is 49.9 Å². The van der Waals surface area contributed by atoms with E-state index in [4.69, 9.17) is 18.9 Å². The van der Waals surface area contributed by atoms with Crippen molar-refractivity contribution in [3.8, 4) is 23.0 Å². The van der Waals surface area contributed by atoms with Crippen molar-refractivity contribution in [2.75, 3.05) is 33.3 Å². The van der Waals surface area contributed by atoms with Crippen molar-refractivity contribution in [1.29, 1.82) is 0 Å². The van der Waals surface area contributed by atoms with Crippen LogP contribution in [0.4, 0.5) is 0 Å². The Labute approximate surface area is 242 Å². The maximum Gasteiger partial charge on any atom is 0.262 e. The Balaban J connectivity index is 1.40. The number of carbonyl (C=O) groups excluding carboxylic acids is 2. The molecule has 0 radical (unpaired) electrons. The lowest BCUT2D eigenvalue weighted by molar-refractivity contribution is -0.121. The summed E-state index contributed by atoms with van der Waals surface area (Å²) in [6.07, 6.45) is 2.11. The number of nitrogens with one attached hydrogen (secondary N) is 2. The molecule has 1 aliphatic rings. The van der Waals surface area contributed by atoms with Crippen molar-refractivity contribution in [1.82, 2.24) is 20.2 Å². The van der Waals surface area contributed by atoms with Gasteiger partial charge < -0.3 is 29.6 Å². The maximum absolute atomic E-state index is 13.5. The summed E-state index contributed by atoms with van der Waals surface area (Å²) >= 11 is 1.19. The van der Waals surface area contributed by atoms with Gasteiger partial charge in [-0.3, -0.25) is 19.0 Å². The first-order chi connectivity index (χ1) is 19.8. The van der Waals surface area contributed by atoms with E-state index in [0.717, 1.165) is 12.0 Å². The number of ether oxygens (including phenoxy) is 4. The molecular formula is C29H36N4O7S. The number of benzene rings is 2. The zero-order valence-electron chi connectivity index (χ0n) is 23.8. The average Bonchev–Trinajstić information content (AvgIpc) is 3.43. The molecule has 1 atom stereocenters. The summed E-state index contributed by atoms with van der Waals surface area (Å²) < 4.78 is 23.0. The van der Waals surface area contributed by atoms with Crippen LogP contribution in [0.2, 0.25) is 0 Å². The Morgan fingerprint density at radius 3 is 2.59 bits per heavy atom. The lowest BCUT2D eigenvalue weighted by Crippen LogP contribution is -2.33. The second-order valence-corrected chi connectivity index (χ2v) is 10.6. The average molecular weight is 585 g/mol. The number of aromatic nitrogens is 2. The van der Waals surface area contributed by atoms with Crippen molar-refractivity contribution in [2.24, 2.45) is 0 Å². The summed E-state index contributed by atoms with van der Waals surface area (Å²) in [4.78, 5) is 43.2. The normalized spacial score (nSPS) is 12.7. The van der Waals surface area contributed by atoms with E-state index >= 15 is 0 Å².